The molecule has 1 rings (SSSR count). The summed E-state index contributed by atoms with van der Waals surface area (Å²) in [5.74, 6) is 4.78. The molecule has 0 N–H and O–H groups in total. The molecule has 0 fully saturated rings. The Balaban J connectivity index is -0.0000000840. The molecule has 0 spiro atoms. The van der Waals surface area contributed by atoms with E-state index in [1.54, 1.807) is 46.7 Å². The molecule has 0 aromatic heterocycles. The maximum atomic E-state index is 3.50. The van der Waals surface area contributed by atoms with Crippen LogP contribution in [0.2, 0.25) is 11.5 Å². The average molecular weight is 391 g/mol. The van der Waals surface area contributed by atoms with Crippen LogP contribution in [0.3, 0.4) is 0 Å². The van der Waals surface area contributed by atoms with Gasteiger partial charge < -0.3 is 16.0 Å². The maximum absolute atomic E-state index is 3.50. The summed E-state index contributed by atoms with van der Waals surface area (Å²) in [5, 5.41) is 10.5. The Kier molecular flexibility index (Phi) is 39.5. The van der Waals surface area contributed by atoms with E-state index in [0.29, 0.717) is 0 Å². The summed E-state index contributed by atoms with van der Waals surface area (Å²) in [5.41, 5.74) is 0. The Bertz CT molecular complexity index is 187. The molecule has 0 unspecified atom stereocenters. The SMILES string of the molecule is C[N-]C.C[N-]C.C[N-]C.[CH3][GeH]([CH3])[c-]1cccc1.[Zr+4]. The van der Waals surface area contributed by atoms with Crippen molar-refractivity contribution in [2.45, 2.75) is 11.5 Å². The van der Waals surface area contributed by atoms with E-state index in [1.165, 1.54) is 0 Å². The molecule has 104 valence electrons. The van der Waals surface area contributed by atoms with Crippen LogP contribution in [0, 0.1) is 0 Å². The number of hydrogen-bond donors (Lipinski definition) is 0. The first-order chi connectivity index (χ1) is 8.05. The molecule has 0 amide bonds. The van der Waals surface area contributed by atoms with Crippen molar-refractivity contribution in [3.8, 4) is 0 Å². The van der Waals surface area contributed by atoms with Crippen LogP contribution in [0.4, 0.5) is 0 Å². The number of rotatable bonds is 1. The summed E-state index contributed by atoms with van der Waals surface area (Å²) < 4.78 is 1.62. The zero-order chi connectivity index (χ0) is 14.1. The van der Waals surface area contributed by atoms with Crippen LogP contribution in [-0.4, -0.2) is 56.6 Å². The van der Waals surface area contributed by atoms with Crippen LogP contribution < -0.4 is 4.40 Å². The van der Waals surface area contributed by atoms with Gasteiger partial charge in [-0.25, -0.2) is 0 Å². The molecular weight excluding hydrogens is 362 g/mol. The second-order valence-electron chi connectivity index (χ2n) is 3.71. The van der Waals surface area contributed by atoms with E-state index in [4.69, 9.17) is 0 Å². The Morgan fingerprint density at radius 1 is 0.722 bits per heavy atom. The van der Waals surface area contributed by atoms with Crippen LogP contribution in [0.1, 0.15) is 0 Å². The smallest absolute Gasteiger partial charge is 4.00 e. The first-order valence-corrected chi connectivity index (χ1v) is 11.8. The molecule has 0 aliphatic carbocycles. The van der Waals surface area contributed by atoms with Gasteiger partial charge in [0.1, 0.15) is 0 Å². The van der Waals surface area contributed by atoms with E-state index in [1.807, 2.05) is 0 Å². The quantitative estimate of drug-likeness (QED) is 0.522. The molecule has 0 bridgehead atoms. The predicted octanol–water partition coefficient (Wildman–Crippen LogP) is 2.96. The summed E-state index contributed by atoms with van der Waals surface area (Å²) >= 11 is -0.888. The van der Waals surface area contributed by atoms with Crippen LogP contribution in [0.15, 0.2) is 24.3 Å². The molecule has 3 nitrogen and oxygen atoms in total. The first-order valence-electron chi connectivity index (χ1n) is 5.70. The molecule has 5 heteroatoms. The minimum atomic E-state index is -0.888. The van der Waals surface area contributed by atoms with Gasteiger partial charge in [0.2, 0.25) is 0 Å². The van der Waals surface area contributed by atoms with Gasteiger partial charge in [-0.15, -0.1) is 0 Å². The molecular formula is C13H29GeN3Zr. The van der Waals surface area contributed by atoms with Gasteiger partial charge in [0.25, 0.3) is 0 Å². The molecule has 0 heterocycles. The normalized spacial score (nSPS) is 7.61. The fourth-order valence-corrected chi connectivity index (χ4v) is 2.86. The topological polar surface area (TPSA) is 42.3 Å². The standard InChI is InChI=1S/C7H11Ge.3C2H6N.Zr/c1-8(2)7-5-3-4-6-7;3*1-3-2;/h3-6,8H,1-2H3;3*1-2H3;/q4*-1;+4. The minimum absolute atomic E-state index is 0. The van der Waals surface area contributed by atoms with Crippen molar-refractivity contribution in [2.24, 2.45) is 0 Å². The fourth-order valence-electron chi connectivity index (χ4n) is 0.774. The number of nitrogens with zero attached hydrogens (tertiary/aromatic N) is 3. The van der Waals surface area contributed by atoms with E-state index < -0.39 is 14.3 Å². The van der Waals surface area contributed by atoms with Crippen LogP contribution in [-0.2, 0) is 26.2 Å². The van der Waals surface area contributed by atoms with E-state index in [9.17, 15) is 0 Å². The van der Waals surface area contributed by atoms with Crippen LogP contribution in [0.25, 0.3) is 16.0 Å². The second kappa shape index (κ2) is 26.3. The van der Waals surface area contributed by atoms with E-state index in [-0.39, 0.29) is 26.2 Å². The van der Waals surface area contributed by atoms with Gasteiger partial charge in [-0.05, 0) is 0 Å². The Labute approximate surface area is 138 Å². The van der Waals surface area contributed by atoms with Gasteiger partial charge in [-0.3, -0.25) is 0 Å². The third-order valence-electron chi connectivity index (χ3n) is 1.36. The Hall–Kier alpha value is 0.656. The van der Waals surface area contributed by atoms with Gasteiger partial charge >= 0.3 is 80.7 Å². The molecule has 0 radical (unpaired) electrons. The van der Waals surface area contributed by atoms with Crippen LogP contribution in [0.5, 0.6) is 0 Å². The molecule has 0 saturated heterocycles. The summed E-state index contributed by atoms with van der Waals surface area (Å²) in [6, 6.07) is 8.73. The molecule has 0 atom stereocenters. The van der Waals surface area contributed by atoms with Crippen molar-refractivity contribution in [1.82, 2.24) is 0 Å². The van der Waals surface area contributed by atoms with Crippen molar-refractivity contribution >= 4 is 18.7 Å². The first kappa shape index (κ1) is 27.1. The minimum Gasteiger partial charge on any atom is 4.00 e. The summed E-state index contributed by atoms with van der Waals surface area (Å²) in [7, 11) is 10.5. The number of hydrogen-bond acceptors (Lipinski definition) is 0. The second-order valence-corrected chi connectivity index (χ2v) is 9.96. The predicted molar refractivity (Wildman–Crippen MR) is 86.2 cm³/mol. The van der Waals surface area contributed by atoms with Crippen molar-refractivity contribution in [3.63, 3.8) is 0 Å². The van der Waals surface area contributed by atoms with E-state index in [0.717, 1.165) is 0 Å². The van der Waals surface area contributed by atoms with Gasteiger partial charge in [0.15, 0.2) is 0 Å². The van der Waals surface area contributed by atoms with Crippen LogP contribution >= 0.6 is 0 Å². The molecule has 1 aromatic carbocycles. The van der Waals surface area contributed by atoms with Gasteiger partial charge in [-0.1, -0.05) is 0 Å². The molecule has 1 aromatic rings. The zero-order valence-electron chi connectivity index (χ0n) is 13.2. The summed E-state index contributed by atoms with van der Waals surface area (Å²) in [4.78, 5) is 0. The van der Waals surface area contributed by atoms with Gasteiger partial charge in [0.05, 0.1) is 0 Å². The summed E-state index contributed by atoms with van der Waals surface area (Å²) in [6.45, 7) is 0. The third-order valence-corrected chi connectivity index (χ3v) is 4.96. The summed E-state index contributed by atoms with van der Waals surface area (Å²) in [6.07, 6.45) is 0. The Morgan fingerprint density at radius 3 is 1.06 bits per heavy atom. The van der Waals surface area contributed by atoms with E-state index in [2.05, 4.69) is 51.7 Å². The van der Waals surface area contributed by atoms with Crippen molar-refractivity contribution < 1.29 is 26.2 Å². The third kappa shape index (κ3) is 30.0. The monoisotopic (exact) mass is 391 g/mol. The molecule has 18 heavy (non-hydrogen) atoms. The van der Waals surface area contributed by atoms with Crippen molar-refractivity contribution in [2.75, 3.05) is 42.3 Å². The van der Waals surface area contributed by atoms with E-state index >= 15 is 0 Å². The molecule has 0 aliphatic rings. The maximum Gasteiger partial charge on any atom is 4.00 e. The van der Waals surface area contributed by atoms with Gasteiger partial charge in [0, 0.05) is 0 Å². The Morgan fingerprint density at radius 2 is 0.944 bits per heavy atom. The van der Waals surface area contributed by atoms with Crippen molar-refractivity contribution in [1.29, 1.82) is 0 Å². The average Bonchev–Trinajstić information content (AvgIpc) is 2.73. The fraction of sp³-hybridized carbons (Fsp3) is 0.615. The molecule has 0 aliphatic heterocycles. The largest absolute Gasteiger partial charge is 4.00 e. The van der Waals surface area contributed by atoms with Crippen molar-refractivity contribution in [3.05, 3.63) is 40.2 Å². The zero-order valence-corrected chi connectivity index (χ0v) is 18.1. The van der Waals surface area contributed by atoms with Gasteiger partial charge in [-0.2, -0.15) is 42.3 Å². The molecule has 0 saturated carbocycles.